The third kappa shape index (κ3) is 4.73. The van der Waals surface area contributed by atoms with Crippen molar-refractivity contribution in [2.45, 2.75) is 26.7 Å². The normalized spacial score (nSPS) is 10.4. The standard InChI is InChI=1S/C17H23ClN4O/c1-4-10-22(11-5-2)16-8-9-19-17(21-16)20-14-12-13(18)6-7-15(14)23-3/h6-9,12H,4-5,10-11H2,1-3H3,(H,19,20,21). The van der Waals surface area contributed by atoms with Gasteiger partial charge in [-0.2, -0.15) is 4.98 Å². The van der Waals surface area contributed by atoms with Gasteiger partial charge in [-0.1, -0.05) is 25.4 Å². The molecule has 2 aromatic rings. The van der Waals surface area contributed by atoms with E-state index in [-0.39, 0.29) is 0 Å². The van der Waals surface area contributed by atoms with Gasteiger partial charge in [0.1, 0.15) is 11.6 Å². The average molecular weight is 335 g/mol. The molecule has 6 heteroatoms. The Bertz CT molecular complexity index is 630. The molecule has 0 aliphatic heterocycles. The molecule has 5 nitrogen and oxygen atoms in total. The first kappa shape index (κ1) is 17.3. The minimum absolute atomic E-state index is 0.528. The van der Waals surface area contributed by atoms with E-state index in [1.165, 1.54) is 0 Å². The monoisotopic (exact) mass is 334 g/mol. The fourth-order valence-corrected chi connectivity index (χ4v) is 2.54. The van der Waals surface area contributed by atoms with E-state index in [4.69, 9.17) is 16.3 Å². The van der Waals surface area contributed by atoms with E-state index in [1.807, 2.05) is 12.1 Å². The quantitative estimate of drug-likeness (QED) is 0.769. The SMILES string of the molecule is CCCN(CCC)c1ccnc(Nc2cc(Cl)ccc2OC)n1. The van der Waals surface area contributed by atoms with Crippen molar-refractivity contribution in [3.05, 3.63) is 35.5 Å². The summed E-state index contributed by atoms with van der Waals surface area (Å²) in [5.74, 6) is 2.15. The van der Waals surface area contributed by atoms with Crippen molar-refractivity contribution in [3.63, 3.8) is 0 Å². The predicted octanol–water partition coefficient (Wildman–Crippen LogP) is 4.51. The van der Waals surface area contributed by atoms with Crippen LogP contribution in [0.2, 0.25) is 5.02 Å². The van der Waals surface area contributed by atoms with Crippen molar-refractivity contribution in [3.8, 4) is 5.75 Å². The molecular weight excluding hydrogens is 312 g/mol. The average Bonchev–Trinajstić information content (AvgIpc) is 2.55. The van der Waals surface area contributed by atoms with E-state index in [0.717, 1.165) is 37.4 Å². The molecule has 1 aromatic carbocycles. The number of benzene rings is 1. The zero-order valence-electron chi connectivity index (χ0n) is 13.8. The van der Waals surface area contributed by atoms with Crippen LogP contribution in [0.15, 0.2) is 30.5 Å². The number of hydrogen-bond acceptors (Lipinski definition) is 5. The van der Waals surface area contributed by atoms with Gasteiger partial charge in [-0.05, 0) is 37.1 Å². The van der Waals surface area contributed by atoms with Gasteiger partial charge < -0.3 is 15.0 Å². The zero-order chi connectivity index (χ0) is 16.7. The Balaban J connectivity index is 2.24. The van der Waals surface area contributed by atoms with Crippen LogP contribution < -0.4 is 15.0 Å². The predicted molar refractivity (Wildman–Crippen MR) is 96.1 cm³/mol. The topological polar surface area (TPSA) is 50.3 Å². The molecule has 0 aliphatic carbocycles. The van der Waals surface area contributed by atoms with Crippen molar-refractivity contribution < 1.29 is 4.74 Å². The second-order valence-electron chi connectivity index (χ2n) is 5.20. The zero-order valence-corrected chi connectivity index (χ0v) is 14.6. The molecule has 0 fully saturated rings. The second-order valence-corrected chi connectivity index (χ2v) is 5.63. The van der Waals surface area contributed by atoms with Crippen molar-refractivity contribution in [1.29, 1.82) is 0 Å². The van der Waals surface area contributed by atoms with E-state index in [2.05, 4.69) is 34.0 Å². The number of anilines is 3. The summed E-state index contributed by atoms with van der Waals surface area (Å²) in [5, 5.41) is 3.81. The Kier molecular flexibility index (Phi) is 6.47. The third-order valence-corrected chi connectivity index (χ3v) is 3.60. The Morgan fingerprint density at radius 2 is 1.91 bits per heavy atom. The first-order valence-corrected chi connectivity index (χ1v) is 8.24. The van der Waals surface area contributed by atoms with Gasteiger partial charge in [0.05, 0.1) is 12.8 Å². The number of nitrogens with zero attached hydrogens (tertiary/aromatic N) is 3. The minimum Gasteiger partial charge on any atom is -0.495 e. The summed E-state index contributed by atoms with van der Waals surface area (Å²) in [4.78, 5) is 11.2. The van der Waals surface area contributed by atoms with E-state index in [0.29, 0.717) is 16.7 Å². The second kappa shape index (κ2) is 8.58. The van der Waals surface area contributed by atoms with Crippen LogP contribution in [-0.2, 0) is 0 Å². The molecule has 23 heavy (non-hydrogen) atoms. The van der Waals surface area contributed by atoms with Crippen molar-refractivity contribution in [2.24, 2.45) is 0 Å². The van der Waals surface area contributed by atoms with Crippen molar-refractivity contribution in [1.82, 2.24) is 9.97 Å². The lowest BCUT2D eigenvalue weighted by Gasteiger charge is -2.22. The number of hydrogen-bond donors (Lipinski definition) is 1. The van der Waals surface area contributed by atoms with Crippen LogP contribution in [0.5, 0.6) is 5.75 Å². The number of rotatable bonds is 8. The van der Waals surface area contributed by atoms with Gasteiger partial charge in [-0.15, -0.1) is 0 Å². The molecule has 2 rings (SSSR count). The highest BCUT2D eigenvalue weighted by Crippen LogP contribution is 2.29. The van der Waals surface area contributed by atoms with Gasteiger partial charge in [-0.25, -0.2) is 4.98 Å². The molecule has 0 amide bonds. The molecule has 0 saturated carbocycles. The van der Waals surface area contributed by atoms with Gasteiger partial charge in [0, 0.05) is 24.3 Å². The largest absolute Gasteiger partial charge is 0.495 e. The molecule has 0 radical (unpaired) electrons. The maximum absolute atomic E-state index is 6.06. The van der Waals surface area contributed by atoms with Crippen LogP contribution in [0, 0.1) is 0 Å². The number of methoxy groups -OCH3 is 1. The molecule has 0 atom stereocenters. The lowest BCUT2D eigenvalue weighted by Crippen LogP contribution is -2.26. The summed E-state index contributed by atoms with van der Waals surface area (Å²) >= 11 is 6.06. The molecule has 0 spiro atoms. The first-order chi connectivity index (χ1) is 11.2. The maximum Gasteiger partial charge on any atom is 0.229 e. The van der Waals surface area contributed by atoms with Crippen LogP contribution in [0.1, 0.15) is 26.7 Å². The van der Waals surface area contributed by atoms with Gasteiger partial charge in [0.25, 0.3) is 0 Å². The summed E-state index contributed by atoms with van der Waals surface area (Å²) in [6.45, 7) is 6.29. The summed E-state index contributed by atoms with van der Waals surface area (Å²) < 4.78 is 5.34. The maximum atomic E-state index is 6.06. The third-order valence-electron chi connectivity index (χ3n) is 3.36. The Morgan fingerprint density at radius 3 is 2.57 bits per heavy atom. The lowest BCUT2D eigenvalue weighted by atomic mass is 10.3. The highest BCUT2D eigenvalue weighted by atomic mass is 35.5. The van der Waals surface area contributed by atoms with Gasteiger partial charge in [0.2, 0.25) is 5.95 Å². The fourth-order valence-electron chi connectivity index (χ4n) is 2.36. The molecule has 0 saturated heterocycles. The summed E-state index contributed by atoms with van der Waals surface area (Å²) in [5.41, 5.74) is 0.745. The van der Waals surface area contributed by atoms with Gasteiger partial charge >= 0.3 is 0 Å². The first-order valence-electron chi connectivity index (χ1n) is 7.86. The molecule has 1 aromatic heterocycles. The number of nitrogens with one attached hydrogen (secondary N) is 1. The molecule has 0 unspecified atom stereocenters. The van der Waals surface area contributed by atoms with E-state index < -0.39 is 0 Å². The van der Waals surface area contributed by atoms with E-state index in [1.54, 1.807) is 25.4 Å². The molecular formula is C17H23ClN4O. The van der Waals surface area contributed by atoms with Crippen LogP contribution in [0.4, 0.5) is 17.5 Å². The molecule has 124 valence electrons. The number of aromatic nitrogens is 2. The van der Waals surface area contributed by atoms with Crippen molar-refractivity contribution >= 4 is 29.1 Å². The molecule has 1 N–H and O–H groups in total. The summed E-state index contributed by atoms with van der Waals surface area (Å²) in [6, 6.07) is 7.33. The van der Waals surface area contributed by atoms with E-state index in [9.17, 15) is 0 Å². The Hall–Kier alpha value is -2.01. The Labute approximate surface area is 142 Å². The summed E-state index contributed by atoms with van der Waals surface area (Å²) in [7, 11) is 1.62. The molecule has 1 heterocycles. The smallest absolute Gasteiger partial charge is 0.229 e. The van der Waals surface area contributed by atoms with Crippen LogP contribution >= 0.6 is 11.6 Å². The van der Waals surface area contributed by atoms with Crippen LogP contribution in [-0.4, -0.2) is 30.2 Å². The summed E-state index contributed by atoms with van der Waals surface area (Å²) in [6.07, 6.45) is 3.92. The fraction of sp³-hybridized carbons (Fsp3) is 0.412. The minimum atomic E-state index is 0.528. The highest BCUT2D eigenvalue weighted by Gasteiger charge is 2.10. The number of ether oxygens (including phenoxy) is 1. The van der Waals surface area contributed by atoms with Gasteiger partial charge in [-0.3, -0.25) is 0 Å². The molecule has 0 bridgehead atoms. The Morgan fingerprint density at radius 1 is 1.17 bits per heavy atom. The van der Waals surface area contributed by atoms with Gasteiger partial charge in [0.15, 0.2) is 0 Å². The molecule has 0 aliphatic rings. The van der Waals surface area contributed by atoms with Crippen LogP contribution in [0.3, 0.4) is 0 Å². The van der Waals surface area contributed by atoms with Crippen molar-refractivity contribution in [2.75, 3.05) is 30.4 Å². The lowest BCUT2D eigenvalue weighted by molar-refractivity contribution is 0.417. The van der Waals surface area contributed by atoms with Crippen LogP contribution in [0.25, 0.3) is 0 Å². The van der Waals surface area contributed by atoms with E-state index >= 15 is 0 Å². The highest BCUT2D eigenvalue weighted by molar-refractivity contribution is 6.30. The number of halogens is 1.